The Labute approximate surface area is 133 Å². The maximum Gasteiger partial charge on any atom is 0.289 e. The third-order valence-corrected chi connectivity index (χ3v) is 5.31. The molecule has 0 unspecified atom stereocenters. The molecule has 3 aromatic rings. The van der Waals surface area contributed by atoms with Gasteiger partial charge >= 0.3 is 0 Å². The topological polar surface area (TPSA) is 43.6 Å². The van der Waals surface area contributed by atoms with Gasteiger partial charge in [0, 0.05) is 7.05 Å². The molecule has 0 radical (unpaired) electrons. The van der Waals surface area contributed by atoms with Crippen LogP contribution >= 0.6 is 34.3 Å². The van der Waals surface area contributed by atoms with Crippen molar-refractivity contribution < 1.29 is 9.53 Å². The van der Waals surface area contributed by atoms with Crippen LogP contribution in [0.1, 0.15) is 9.67 Å². The lowest BCUT2D eigenvalue weighted by Crippen LogP contribution is -2.12. The van der Waals surface area contributed by atoms with Crippen LogP contribution in [0.25, 0.3) is 10.2 Å². The molecule has 0 bridgehead atoms. The van der Waals surface area contributed by atoms with Crippen molar-refractivity contribution in [2.24, 2.45) is 12.0 Å². The number of carbonyl (C=O) groups is 1. The lowest BCUT2D eigenvalue weighted by Gasteiger charge is -1.99. The van der Waals surface area contributed by atoms with Crippen molar-refractivity contribution in [1.82, 2.24) is 4.57 Å². The quantitative estimate of drug-likeness (QED) is 0.715. The first-order valence-corrected chi connectivity index (χ1v) is 8.07. The summed E-state index contributed by atoms with van der Waals surface area (Å²) in [5.41, 5.74) is 1.01. The van der Waals surface area contributed by atoms with Crippen LogP contribution in [0.3, 0.4) is 0 Å². The summed E-state index contributed by atoms with van der Waals surface area (Å²) in [7, 11) is 3.52. The van der Waals surface area contributed by atoms with Crippen molar-refractivity contribution in [3.8, 4) is 5.75 Å². The molecule has 2 aromatic heterocycles. The van der Waals surface area contributed by atoms with E-state index in [-0.39, 0.29) is 5.91 Å². The number of aromatic nitrogens is 1. The molecule has 0 aliphatic heterocycles. The molecule has 1 amide bonds. The average Bonchev–Trinajstić information content (AvgIpc) is 3.03. The third kappa shape index (κ3) is 2.74. The van der Waals surface area contributed by atoms with Crippen LogP contribution in [-0.2, 0) is 7.05 Å². The van der Waals surface area contributed by atoms with Crippen LogP contribution in [0.4, 0.5) is 0 Å². The second kappa shape index (κ2) is 5.63. The average molecular weight is 339 g/mol. The van der Waals surface area contributed by atoms with E-state index >= 15 is 0 Å². The van der Waals surface area contributed by atoms with Crippen molar-refractivity contribution in [2.45, 2.75) is 0 Å². The molecule has 0 atom stereocenters. The number of hydrogen-bond donors (Lipinski definition) is 0. The highest BCUT2D eigenvalue weighted by Gasteiger charge is 2.09. The standard InChI is InChI=1S/C14H11ClN2O2S2/c1-17-9-4-3-8(19-2)7-11(9)21-14(17)16-13(18)10-5-6-12(15)20-10/h3-7H,1-2H3. The molecular formula is C14H11ClN2O2S2. The Kier molecular flexibility index (Phi) is 3.84. The first kappa shape index (κ1) is 14.3. The summed E-state index contributed by atoms with van der Waals surface area (Å²) in [6, 6.07) is 9.17. The summed E-state index contributed by atoms with van der Waals surface area (Å²) in [4.78, 5) is 17.5. The van der Waals surface area contributed by atoms with Gasteiger partial charge < -0.3 is 9.30 Å². The van der Waals surface area contributed by atoms with E-state index in [1.165, 1.54) is 22.7 Å². The summed E-state index contributed by atoms with van der Waals surface area (Å²) >= 11 is 8.53. The normalized spacial score (nSPS) is 12.0. The zero-order valence-electron chi connectivity index (χ0n) is 11.3. The number of hydrogen-bond acceptors (Lipinski definition) is 4. The molecule has 2 heterocycles. The highest BCUT2D eigenvalue weighted by molar-refractivity contribution is 7.18. The Hall–Kier alpha value is -1.63. The summed E-state index contributed by atoms with van der Waals surface area (Å²) in [5, 5.41) is 0. The fourth-order valence-corrected chi connectivity index (χ4v) is 3.89. The van der Waals surface area contributed by atoms with Crippen LogP contribution in [-0.4, -0.2) is 17.6 Å². The van der Waals surface area contributed by atoms with Crippen LogP contribution < -0.4 is 9.54 Å². The molecule has 108 valence electrons. The molecule has 4 nitrogen and oxygen atoms in total. The molecule has 0 aliphatic carbocycles. The number of fused-ring (bicyclic) bond motifs is 1. The van der Waals surface area contributed by atoms with Gasteiger partial charge in [0.2, 0.25) is 0 Å². The molecule has 7 heteroatoms. The van der Waals surface area contributed by atoms with E-state index in [1.807, 2.05) is 29.8 Å². The number of ether oxygens (including phenoxy) is 1. The Morgan fingerprint density at radius 3 is 2.76 bits per heavy atom. The molecule has 0 spiro atoms. The monoisotopic (exact) mass is 338 g/mol. The van der Waals surface area contributed by atoms with Crippen LogP contribution in [0.5, 0.6) is 5.75 Å². The van der Waals surface area contributed by atoms with Gasteiger partial charge in [-0.2, -0.15) is 4.99 Å². The second-order valence-electron chi connectivity index (χ2n) is 4.30. The Morgan fingerprint density at radius 1 is 1.29 bits per heavy atom. The number of halogens is 1. The van der Waals surface area contributed by atoms with Crippen molar-refractivity contribution in [3.63, 3.8) is 0 Å². The van der Waals surface area contributed by atoms with Crippen molar-refractivity contribution in [2.75, 3.05) is 7.11 Å². The van der Waals surface area contributed by atoms with E-state index in [9.17, 15) is 4.79 Å². The number of thiophene rings is 1. The Balaban J connectivity index is 2.09. The maximum absolute atomic E-state index is 12.1. The molecule has 1 aromatic carbocycles. The van der Waals surface area contributed by atoms with E-state index in [2.05, 4.69) is 4.99 Å². The van der Waals surface area contributed by atoms with Gasteiger partial charge in [-0.15, -0.1) is 11.3 Å². The van der Waals surface area contributed by atoms with Gasteiger partial charge in [-0.3, -0.25) is 4.79 Å². The van der Waals surface area contributed by atoms with Crippen molar-refractivity contribution in [1.29, 1.82) is 0 Å². The summed E-state index contributed by atoms with van der Waals surface area (Å²) in [6.07, 6.45) is 0. The van der Waals surface area contributed by atoms with E-state index < -0.39 is 0 Å². The number of thiazole rings is 1. The molecule has 21 heavy (non-hydrogen) atoms. The molecule has 0 saturated heterocycles. The van der Waals surface area contributed by atoms with Crippen molar-refractivity contribution in [3.05, 3.63) is 44.3 Å². The molecule has 0 saturated carbocycles. The summed E-state index contributed by atoms with van der Waals surface area (Å²) in [5.74, 6) is 0.508. The zero-order chi connectivity index (χ0) is 15.0. The summed E-state index contributed by atoms with van der Waals surface area (Å²) < 4.78 is 8.71. The van der Waals surface area contributed by atoms with E-state index in [0.717, 1.165) is 16.0 Å². The number of nitrogens with zero attached hydrogens (tertiary/aromatic N) is 2. The number of methoxy groups -OCH3 is 1. The fraction of sp³-hybridized carbons (Fsp3) is 0.143. The van der Waals surface area contributed by atoms with Crippen LogP contribution in [0.2, 0.25) is 4.34 Å². The van der Waals surface area contributed by atoms with Gasteiger partial charge in [-0.1, -0.05) is 22.9 Å². The van der Waals surface area contributed by atoms with Gasteiger partial charge in [-0.05, 0) is 30.3 Å². The van der Waals surface area contributed by atoms with Gasteiger partial charge in [0.1, 0.15) is 5.75 Å². The molecule has 3 rings (SSSR count). The second-order valence-corrected chi connectivity index (χ2v) is 7.02. The van der Waals surface area contributed by atoms with Crippen molar-refractivity contribution >= 4 is 50.4 Å². The largest absolute Gasteiger partial charge is 0.497 e. The van der Waals surface area contributed by atoms with Crippen LogP contribution in [0, 0.1) is 0 Å². The lowest BCUT2D eigenvalue weighted by molar-refractivity contribution is 0.100. The van der Waals surface area contributed by atoms with Crippen LogP contribution in [0.15, 0.2) is 35.3 Å². The minimum atomic E-state index is -0.277. The lowest BCUT2D eigenvalue weighted by atomic mass is 10.3. The number of aryl methyl sites for hydroxylation is 1. The molecule has 0 aliphatic rings. The minimum Gasteiger partial charge on any atom is -0.497 e. The van der Waals surface area contributed by atoms with Gasteiger partial charge in [0.25, 0.3) is 5.91 Å². The fourth-order valence-electron chi connectivity index (χ4n) is 1.92. The zero-order valence-corrected chi connectivity index (χ0v) is 13.7. The first-order chi connectivity index (χ1) is 10.1. The van der Waals surface area contributed by atoms with Gasteiger partial charge in [-0.25, -0.2) is 0 Å². The predicted octanol–water partition coefficient (Wildman–Crippen LogP) is 3.70. The number of carbonyl (C=O) groups excluding carboxylic acids is 1. The molecular weight excluding hydrogens is 328 g/mol. The van der Waals surface area contributed by atoms with E-state index in [0.29, 0.717) is 14.0 Å². The molecule has 0 fully saturated rings. The highest BCUT2D eigenvalue weighted by Crippen LogP contribution is 2.24. The van der Waals surface area contributed by atoms with E-state index in [1.54, 1.807) is 19.2 Å². The van der Waals surface area contributed by atoms with Gasteiger partial charge in [0.15, 0.2) is 4.80 Å². The maximum atomic E-state index is 12.1. The smallest absolute Gasteiger partial charge is 0.289 e. The molecule has 0 N–H and O–H groups in total. The van der Waals surface area contributed by atoms with Gasteiger partial charge in [0.05, 0.1) is 26.5 Å². The number of benzene rings is 1. The Bertz CT molecular complexity index is 892. The third-order valence-electron chi connectivity index (χ3n) is 3.00. The Morgan fingerprint density at radius 2 is 2.10 bits per heavy atom. The number of amides is 1. The SMILES string of the molecule is COc1ccc2c(c1)sc(=NC(=O)c1ccc(Cl)s1)n2C. The first-order valence-electron chi connectivity index (χ1n) is 6.06. The summed E-state index contributed by atoms with van der Waals surface area (Å²) in [6.45, 7) is 0. The minimum absolute atomic E-state index is 0.277. The van der Waals surface area contributed by atoms with E-state index in [4.69, 9.17) is 16.3 Å². The predicted molar refractivity (Wildman–Crippen MR) is 86.6 cm³/mol. The highest BCUT2D eigenvalue weighted by atomic mass is 35.5. The number of rotatable bonds is 2.